The largest absolute Gasteiger partial charge is 0.325 e. The van der Waals surface area contributed by atoms with Gasteiger partial charge >= 0.3 is 0 Å². The van der Waals surface area contributed by atoms with Gasteiger partial charge in [0.15, 0.2) is 0 Å². The van der Waals surface area contributed by atoms with Crippen LogP contribution >= 0.6 is 12.4 Å². The van der Waals surface area contributed by atoms with Crippen LogP contribution in [0.2, 0.25) is 0 Å². The first-order valence-corrected chi connectivity index (χ1v) is 10.7. The lowest BCUT2D eigenvalue weighted by molar-refractivity contribution is -0.128. The predicted molar refractivity (Wildman–Crippen MR) is 107 cm³/mol. The minimum absolute atomic E-state index is 0. The second-order valence-electron chi connectivity index (χ2n) is 7.19. The molecule has 1 aliphatic carbocycles. The van der Waals surface area contributed by atoms with Crippen LogP contribution in [-0.4, -0.2) is 33.2 Å². The van der Waals surface area contributed by atoms with E-state index in [1.807, 2.05) is 6.92 Å². The van der Waals surface area contributed by atoms with E-state index in [1.165, 1.54) is 6.42 Å². The van der Waals surface area contributed by atoms with Crippen molar-refractivity contribution >= 4 is 39.7 Å². The number of rotatable bonds is 6. The molecule has 1 aliphatic heterocycles. The average molecular weight is 402 g/mol. The summed E-state index contributed by atoms with van der Waals surface area (Å²) >= 11 is 0. The Balaban J connectivity index is 0.00000243. The normalized spacial score (nSPS) is 25.0. The summed E-state index contributed by atoms with van der Waals surface area (Å²) in [6.07, 6.45) is 4.85. The molecule has 2 aliphatic rings. The zero-order valence-corrected chi connectivity index (χ0v) is 16.7. The Morgan fingerprint density at radius 3 is 2.85 bits per heavy atom. The monoisotopic (exact) mass is 401 g/mol. The van der Waals surface area contributed by atoms with Gasteiger partial charge in [-0.05, 0) is 49.9 Å². The Morgan fingerprint density at radius 1 is 1.31 bits per heavy atom. The second kappa shape index (κ2) is 8.59. The Hall–Kier alpha value is -1.31. The summed E-state index contributed by atoms with van der Waals surface area (Å²) in [5, 5.41) is 6.39. The molecule has 1 heterocycles. The van der Waals surface area contributed by atoms with E-state index in [4.69, 9.17) is 0 Å². The summed E-state index contributed by atoms with van der Waals surface area (Å²) in [6.45, 7) is 3.46. The maximum atomic E-state index is 13.0. The fraction of sp³-hybridized carbons (Fsp3) is 0.611. The molecule has 1 saturated heterocycles. The Morgan fingerprint density at radius 2 is 2.08 bits per heavy atom. The van der Waals surface area contributed by atoms with Crippen LogP contribution in [0.3, 0.4) is 0 Å². The first-order chi connectivity index (χ1) is 12.0. The van der Waals surface area contributed by atoms with Gasteiger partial charge in [-0.1, -0.05) is 25.8 Å². The molecular formula is C18H28ClN3O3S. The Bertz CT molecular complexity index is 741. The van der Waals surface area contributed by atoms with Gasteiger partial charge in [-0.15, -0.1) is 12.4 Å². The first-order valence-electron chi connectivity index (χ1n) is 9.08. The average Bonchev–Trinajstić information content (AvgIpc) is 3.00. The van der Waals surface area contributed by atoms with Gasteiger partial charge < -0.3 is 10.6 Å². The van der Waals surface area contributed by atoms with Crippen LogP contribution in [0.25, 0.3) is 0 Å². The summed E-state index contributed by atoms with van der Waals surface area (Å²) in [7, 11) is -3.34. The molecule has 1 aromatic rings. The molecule has 1 saturated carbocycles. The lowest BCUT2D eigenvalue weighted by Gasteiger charge is -2.37. The number of amides is 1. The summed E-state index contributed by atoms with van der Waals surface area (Å²) in [6, 6.07) is 6.93. The fourth-order valence-corrected chi connectivity index (χ4v) is 5.23. The van der Waals surface area contributed by atoms with Crippen molar-refractivity contribution in [2.45, 2.75) is 39.0 Å². The predicted octanol–water partition coefficient (Wildman–Crippen LogP) is 2.98. The SMILES string of the molecule is CCCS(=O)(=O)Nc1cccc(NC(=O)[C@@]23CCCC[C@H]2CNC3)c1.Cl. The minimum atomic E-state index is -3.34. The molecule has 2 atom stereocenters. The molecule has 146 valence electrons. The maximum absolute atomic E-state index is 13.0. The molecule has 3 rings (SSSR count). The van der Waals surface area contributed by atoms with E-state index in [-0.39, 0.29) is 29.5 Å². The topological polar surface area (TPSA) is 87.3 Å². The highest BCUT2D eigenvalue weighted by Crippen LogP contribution is 2.44. The quantitative estimate of drug-likeness (QED) is 0.683. The molecule has 26 heavy (non-hydrogen) atoms. The fourth-order valence-electron chi connectivity index (χ4n) is 4.11. The van der Waals surface area contributed by atoms with Crippen molar-refractivity contribution in [3.63, 3.8) is 0 Å². The van der Waals surface area contributed by atoms with Gasteiger partial charge in [0, 0.05) is 12.2 Å². The van der Waals surface area contributed by atoms with Crippen molar-refractivity contribution < 1.29 is 13.2 Å². The zero-order valence-electron chi connectivity index (χ0n) is 15.1. The lowest BCUT2D eigenvalue weighted by atomic mass is 9.67. The van der Waals surface area contributed by atoms with Crippen LogP contribution in [0.4, 0.5) is 11.4 Å². The van der Waals surface area contributed by atoms with Crippen molar-refractivity contribution in [1.82, 2.24) is 5.32 Å². The summed E-state index contributed by atoms with van der Waals surface area (Å²) in [5.74, 6) is 0.531. The van der Waals surface area contributed by atoms with Crippen LogP contribution in [0.5, 0.6) is 0 Å². The van der Waals surface area contributed by atoms with Gasteiger partial charge in [0.25, 0.3) is 0 Å². The number of halogens is 1. The molecule has 8 heteroatoms. The van der Waals surface area contributed by atoms with E-state index in [9.17, 15) is 13.2 Å². The number of sulfonamides is 1. The molecular weight excluding hydrogens is 374 g/mol. The van der Waals surface area contributed by atoms with E-state index in [0.29, 0.717) is 23.7 Å². The molecule has 0 bridgehead atoms. The van der Waals surface area contributed by atoms with Crippen molar-refractivity contribution in [2.24, 2.45) is 11.3 Å². The number of benzene rings is 1. The van der Waals surface area contributed by atoms with Gasteiger partial charge in [0.2, 0.25) is 15.9 Å². The number of nitrogens with one attached hydrogen (secondary N) is 3. The van der Waals surface area contributed by atoms with E-state index in [1.54, 1.807) is 24.3 Å². The van der Waals surface area contributed by atoms with Crippen molar-refractivity contribution in [3.05, 3.63) is 24.3 Å². The van der Waals surface area contributed by atoms with E-state index in [0.717, 1.165) is 32.4 Å². The number of carbonyl (C=O) groups is 1. The van der Waals surface area contributed by atoms with Crippen LogP contribution in [0.15, 0.2) is 24.3 Å². The zero-order chi connectivity index (χ0) is 17.9. The molecule has 0 unspecified atom stereocenters. The summed E-state index contributed by atoms with van der Waals surface area (Å²) < 4.78 is 26.4. The Kier molecular flexibility index (Phi) is 6.93. The van der Waals surface area contributed by atoms with Crippen molar-refractivity contribution in [1.29, 1.82) is 0 Å². The highest BCUT2D eigenvalue weighted by atomic mass is 35.5. The third-order valence-electron chi connectivity index (χ3n) is 5.36. The van der Waals surface area contributed by atoms with Gasteiger partial charge in [0.05, 0.1) is 16.9 Å². The molecule has 6 nitrogen and oxygen atoms in total. The first kappa shape index (κ1) is 21.0. The number of anilines is 2. The second-order valence-corrected chi connectivity index (χ2v) is 9.03. The van der Waals surface area contributed by atoms with E-state index in [2.05, 4.69) is 15.4 Å². The van der Waals surface area contributed by atoms with Crippen LogP contribution in [0.1, 0.15) is 39.0 Å². The highest BCUT2D eigenvalue weighted by Gasteiger charge is 2.49. The molecule has 2 fully saturated rings. The molecule has 0 spiro atoms. The van der Waals surface area contributed by atoms with Gasteiger partial charge in [-0.3, -0.25) is 9.52 Å². The maximum Gasteiger partial charge on any atom is 0.232 e. The van der Waals surface area contributed by atoms with Crippen LogP contribution in [0, 0.1) is 11.3 Å². The molecule has 0 aromatic heterocycles. The van der Waals surface area contributed by atoms with Crippen molar-refractivity contribution in [3.8, 4) is 0 Å². The molecule has 3 N–H and O–H groups in total. The lowest BCUT2D eigenvalue weighted by Crippen LogP contribution is -2.44. The number of hydrogen-bond acceptors (Lipinski definition) is 4. The number of carbonyl (C=O) groups excluding carboxylic acids is 1. The van der Waals surface area contributed by atoms with Gasteiger partial charge in [-0.2, -0.15) is 0 Å². The van der Waals surface area contributed by atoms with Crippen LogP contribution in [-0.2, 0) is 14.8 Å². The molecule has 1 amide bonds. The highest BCUT2D eigenvalue weighted by molar-refractivity contribution is 7.92. The third kappa shape index (κ3) is 4.50. The summed E-state index contributed by atoms with van der Waals surface area (Å²) in [5.41, 5.74) is 0.788. The van der Waals surface area contributed by atoms with Crippen molar-refractivity contribution in [2.75, 3.05) is 28.9 Å². The van der Waals surface area contributed by atoms with E-state index < -0.39 is 10.0 Å². The molecule has 1 aromatic carbocycles. The standard InChI is InChI=1S/C18H27N3O3S.ClH/c1-2-10-25(23,24)21-16-8-5-7-15(11-16)20-17(22)18-9-4-3-6-14(18)12-19-13-18;/h5,7-8,11,14,19,21H,2-4,6,9-10,12-13H2,1H3,(H,20,22);1H/t14-,18+;/m0./s1. The minimum Gasteiger partial charge on any atom is -0.325 e. The smallest absolute Gasteiger partial charge is 0.232 e. The van der Waals surface area contributed by atoms with Crippen LogP contribution < -0.4 is 15.4 Å². The van der Waals surface area contributed by atoms with Gasteiger partial charge in [-0.25, -0.2) is 8.42 Å². The third-order valence-corrected chi connectivity index (χ3v) is 6.85. The Labute approximate surface area is 162 Å². The van der Waals surface area contributed by atoms with E-state index >= 15 is 0 Å². The molecule has 0 radical (unpaired) electrons. The summed E-state index contributed by atoms with van der Waals surface area (Å²) in [4.78, 5) is 13.0. The van der Waals surface area contributed by atoms with Gasteiger partial charge in [0.1, 0.15) is 0 Å². The number of hydrogen-bond donors (Lipinski definition) is 3. The number of fused-ring (bicyclic) bond motifs is 1.